The van der Waals surface area contributed by atoms with Gasteiger partial charge < -0.3 is 14.8 Å². The summed E-state index contributed by atoms with van der Waals surface area (Å²) in [5.41, 5.74) is 0. The molecule has 0 aliphatic rings. The van der Waals surface area contributed by atoms with Gasteiger partial charge >= 0.3 is 7.60 Å². The van der Waals surface area contributed by atoms with E-state index in [4.69, 9.17) is 9.79 Å². The number of rotatable bonds is 7. The summed E-state index contributed by atoms with van der Waals surface area (Å²) < 4.78 is 10.9. The van der Waals surface area contributed by atoms with Crippen LogP contribution in [0, 0.1) is 0 Å². The van der Waals surface area contributed by atoms with Gasteiger partial charge in [-0.05, 0) is 13.0 Å². The summed E-state index contributed by atoms with van der Waals surface area (Å²) in [5, 5.41) is 9.96. The number of carbonyl (C=O) groups is 1. The van der Waals surface area contributed by atoms with Crippen LogP contribution in [0.4, 0.5) is 5.82 Å². The average Bonchev–Trinajstić information content (AvgIpc) is 2.79. The molecule has 0 fully saturated rings. The molecule has 1 rings (SSSR count). The lowest BCUT2D eigenvalue weighted by molar-refractivity contribution is -0.124. The second kappa shape index (κ2) is 6.78. The average molecular weight is 292 g/mol. The Morgan fingerprint density at radius 1 is 1.53 bits per heavy atom. The van der Waals surface area contributed by atoms with Gasteiger partial charge in [0, 0.05) is 0 Å². The highest BCUT2D eigenvalue weighted by atomic mass is 31.2. The summed E-state index contributed by atoms with van der Waals surface area (Å²) in [6, 6.07) is 0. The molecule has 10 heteroatoms. The van der Waals surface area contributed by atoms with E-state index in [9.17, 15) is 14.6 Å². The molecule has 4 N–H and O–H groups in total. The summed E-state index contributed by atoms with van der Waals surface area (Å²) in [4.78, 5) is 37.1. The fraction of sp³-hybridized carbons (Fsp3) is 0.556. The Kier molecular flexibility index (Phi) is 5.64. The molecule has 1 heterocycles. The van der Waals surface area contributed by atoms with E-state index in [1.807, 2.05) is 6.92 Å². The zero-order chi connectivity index (χ0) is 14.5. The molecule has 1 aromatic heterocycles. The van der Waals surface area contributed by atoms with Crippen molar-refractivity contribution < 1.29 is 24.4 Å². The number of anilines is 1. The van der Waals surface area contributed by atoms with Crippen molar-refractivity contribution in [1.29, 1.82) is 0 Å². The molecule has 0 saturated heterocycles. The van der Waals surface area contributed by atoms with Crippen LogP contribution in [0.15, 0.2) is 12.5 Å². The number of nitrogens with one attached hydrogen (secondary N) is 1. The number of H-pyrrole nitrogens is 1. The first-order chi connectivity index (χ1) is 8.83. The first kappa shape index (κ1) is 15.8. The van der Waals surface area contributed by atoms with Crippen LogP contribution in [0.5, 0.6) is 0 Å². The van der Waals surface area contributed by atoms with Gasteiger partial charge in [0.15, 0.2) is 5.82 Å². The molecule has 1 amide bonds. The van der Waals surface area contributed by atoms with Crippen LogP contribution in [-0.2, 0) is 9.36 Å². The summed E-state index contributed by atoms with van der Waals surface area (Å²) in [5.74, 6) is -0.608. The summed E-state index contributed by atoms with van der Waals surface area (Å²) in [6.45, 7) is 1.87. The molecule has 108 valence electrons. The van der Waals surface area contributed by atoms with E-state index in [0.717, 1.165) is 0 Å². The molecule has 0 aromatic carbocycles. The number of hydrogen-bond acceptors (Lipinski definition) is 5. The van der Waals surface area contributed by atoms with Gasteiger partial charge in [-0.15, -0.1) is 0 Å². The van der Waals surface area contributed by atoms with E-state index in [0.29, 0.717) is 18.0 Å². The van der Waals surface area contributed by atoms with Gasteiger partial charge in [0.05, 0.1) is 19.1 Å². The third-order valence-electron chi connectivity index (χ3n) is 2.23. The fourth-order valence-corrected chi connectivity index (χ4v) is 2.30. The zero-order valence-corrected chi connectivity index (χ0v) is 11.3. The quantitative estimate of drug-likeness (QED) is 0.315. The van der Waals surface area contributed by atoms with Gasteiger partial charge in [-0.2, -0.15) is 5.06 Å². The number of aromatic amines is 1. The molecule has 19 heavy (non-hydrogen) atoms. The SMILES string of the molecule is CCCN(CC(=O)N(O)c1cnc[nH]1)CP(=O)(O)O. The van der Waals surface area contributed by atoms with Crippen molar-refractivity contribution in [2.75, 3.05) is 24.4 Å². The number of imidazole rings is 1. The van der Waals surface area contributed by atoms with Crippen LogP contribution in [-0.4, -0.2) is 55.1 Å². The molecular weight excluding hydrogens is 275 g/mol. The highest BCUT2D eigenvalue weighted by Crippen LogP contribution is 2.35. The Morgan fingerprint density at radius 3 is 2.68 bits per heavy atom. The molecule has 0 saturated carbocycles. The number of nitrogens with zero attached hydrogens (tertiary/aromatic N) is 3. The molecule has 0 atom stereocenters. The van der Waals surface area contributed by atoms with Crippen LogP contribution in [0.2, 0.25) is 0 Å². The maximum Gasteiger partial charge on any atom is 0.339 e. The van der Waals surface area contributed by atoms with E-state index < -0.39 is 19.8 Å². The first-order valence-corrected chi connectivity index (χ1v) is 7.40. The van der Waals surface area contributed by atoms with Crippen molar-refractivity contribution in [3.8, 4) is 0 Å². The van der Waals surface area contributed by atoms with Gasteiger partial charge in [0.25, 0.3) is 5.91 Å². The highest BCUT2D eigenvalue weighted by Gasteiger charge is 2.23. The van der Waals surface area contributed by atoms with E-state index in [1.165, 1.54) is 17.4 Å². The van der Waals surface area contributed by atoms with Gasteiger partial charge in [-0.3, -0.25) is 19.5 Å². The minimum atomic E-state index is -4.24. The number of hydrogen-bond donors (Lipinski definition) is 4. The van der Waals surface area contributed by atoms with Crippen molar-refractivity contribution in [2.45, 2.75) is 13.3 Å². The highest BCUT2D eigenvalue weighted by molar-refractivity contribution is 7.51. The lowest BCUT2D eigenvalue weighted by atomic mass is 10.4. The number of carbonyl (C=O) groups excluding carboxylic acids is 1. The maximum atomic E-state index is 11.7. The molecule has 0 aliphatic heterocycles. The molecule has 0 aliphatic carbocycles. The normalized spacial score (nSPS) is 11.8. The van der Waals surface area contributed by atoms with Crippen molar-refractivity contribution >= 4 is 19.3 Å². The van der Waals surface area contributed by atoms with Crippen molar-refractivity contribution in [1.82, 2.24) is 14.9 Å². The second-order valence-corrected chi connectivity index (χ2v) is 5.61. The smallest absolute Gasteiger partial charge is 0.329 e. The standard InChI is InChI=1S/C9H17N4O5P/c1-2-3-12(7-19(16,17)18)5-9(14)13(15)8-4-10-6-11-8/h4,6,15H,2-3,5,7H2,1H3,(H,10,11)(H2,16,17,18). The maximum absolute atomic E-state index is 11.7. The minimum absolute atomic E-state index is 0.0950. The first-order valence-electron chi connectivity index (χ1n) is 5.60. The van der Waals surface area contributed by atoms with Gasteiger partial charge in [0.1, 0.15) is 6.29 Å². The molecule has 0 bridgehead atoms. The lowest BCUT2D eigenvalue weighted by Gasteiger charge is -2.23. The Hall–Kier alpha value is -1.25. The summed E-state index contributed by atoms with van der Waals surface area (Å²) in [6.07, 6.45) is 2.66. The van der Waals surface area contributed by atoms with Crippen LogP contribution < -0.4 is 5.06 Å². The predicted molar refractivity (Wildman–Crippen MR) is 66.6 cm³/mol. The van der Waals surface area contributed by atoms with E-state index in [1.54, 1.807) is 0 Å². The van der Waals surface area contributed by atoms with Crippen molar-refractivity contribution in [3.63, 3.8) is 0 Å². The zero-order valence-electron chi connectivity index (χ0n) is 10.4. The Labute approximate surface area is 110 Å². The summed E-state index contributed by atoms with van der Waals surface area (Å²) in [7, 11) is -4.24. The Balaban J connectivity index is 2.63. The van der Waals surface area contributed by atoms with E-state index >= 15 is 0 Å². The largest absolute Gasteiger partial charge is 0.339 e. The monoisotopic (exact) mass is 292 g/mol. The van der Waals surface area contributed by atoms with Crippen molar-refractivity contribution in [3.05, 3.63) is 12.5 Å². The molecule has 0 radical (unpaired) electrons. The number of amides is 1. The number of hydroxylamine groups is 1. The molecule has 0 spiro atoms. The predicted octanol–water partition coefficient (Wildman–Crippen LogP) is -0.0209. The van der Waals surface area contributed by atoms with E-state index in [-0.39, 0.29) is 12.4 Å². The molecule has 1 aromatic rings. The van der Waals surface area contributed by atoms with Gasteiger partial charge in [-0.25, -0.2) is 4.98 Å². The molecular formula is C9H17N4O5P. The van der Waals surface area contributed by atoms with Crippen LogP contribution >= 0.6 is 7.60 Å². The molecule has 9 nitrogen and oxygen atoms in total. The van der Waals surface area contributed by atoms with Crippen molar-refractivity contribution in [2.24, 2.45) is 0 Å². The van der Waals surface area contributed by atoms with Gasteiger partial charge in [0.2, 0.25) is 0 Å². The third-order valence-corrected chi connectivity index (χ3v) is 3.00. The lowest BCUT2D eigenvalue weighted by Crippen LogP contribution is -2.39. The Bertz CT molecular complexity index is 445. The second-order valence-electron chi connectivity index (χ2n) is 4.00. The van der Waals surface area contributed by atoms with E-state index in [2.05, 4.69) is 9.97 Å². The van der Waals surface area contributed by atoms with Crippen LogP contribution in [0.1, 0.15) is 13.3 Å². The number of aromatic nitrogens is 2. The third kappa shape index (κ3) is 5.50. The Morgan fingerprint density at radius 2 is 2.21 bits per heavy atom. The van der Waals surface area contributed by atoms with Crippen LogP contribution in [0.25, 0.3) is 0 Å². The topological polar surface area (TPSA) is 130 Å². The van der Waals surface area contributed by atoms with Crippen LogP contribution in [0.3, 0.4) is 0 Å². The minimum Gasteiger partial charge on any atom is -0.329 e. The fourth-order valence-electron chi connectivity index (χ4n) is 1.53. The molecule has 0 unspecified atom stereocenters. The summed E-state index contributed by atoms with van der Waals surface area (Å²) >= 11 is 0. The van der Waals surface area contributed by atoms with Gasteiger partial charge in [-0.1, -0.05) is 6.92 Å².